The van der Waals surface area contributed by atoms with Crippen molar-refractivity contribution in [3.63, 3.8) is 0 Å². The van der Waals surface area contributed by atoms with Gasteiger partial charge in [0.15, 0.2) is 0 Å². The summed E-state index contributed by atoms with van der Waals surface area (Å²) in [4.78, 5) is 11.5. The fraction of sp³-hybridized carbons (Fsp3) is 0.769. The van der Waals surface area contributed by atoms with Crippen molar-refractivity contribution >= 4 is 5.91 Å². The van der Waals surface area contributed by atoms with Gasteiger partial charge >= 0.3 is 0 Å². The molecule has 0 spiro atoms. The minimum absolute atomic E-state index is 0.118. The van der Waals surface area contributed by atoms with E-state index in [1.807, 2.05) is 0 Å². The third kappa shape index (κ3) is 2.85. The van der Waals surface area contributed by atoms with Crippen molar-refractivity contribution in [2.45, 2.75) is 57.0 Å². The molecule has 1 fully saturated rings. The summed E-state index contributed by atoms with van der Waals surface area (Å²) in [7, 11) is 0. The maximum absolute atomic E-state index is 11.5. The van der Waals surface area contributed by atoms with Crippen molar-refractivity contribution in [2.75, 3.05) is 0 Å². The van der Waals surface area contributed by atoms with Gasteiger partial charge in [0, 0.05) is 6.04 Å². The second-order valence-corrected chi connectivity index (χ2v) is 5.07. The van der Waals surface area contributed by atoms with Crippen LogP contribution in [0.15, 0.2) is 12.2 Å². The normalized spacial score (nSPS) is 28.1. The van der Waals surface area contributed by atoms with Gasteiger partial charge in [0.25, 0.3) is 0 Å². The average molecular weight is 222 g/mol. The van der Waals surface area contributed by atoms with Crippen LogP contribution in [0.1, 0.15) is 44.9 Å². The molecule has 0 heterocycles. The van der Waals surface area contributed by atoms with Crippen molar-refractivity contribution in [3.8, 4) is 0 Å². The molecule has 3 heteroatoms. The fourth-order valence-corrected chi connectivity index (χ4v) is 2.92. The molecule has 2 aliphatic carbocycles. The van der Waals surface area contributed by atoms with E-state index in [2.05, 4.69) is 17.5 Å². The number of amides is 1. The van der Waals surface area contributed by atoms with Crippen molar-refractivity contribution in [1.29, 1.82) is 0 Å². The van der Waals surface area contributed by atoms with E-state index in [0.29, 0.717) is 12.0 Å². The number of carbonyl (C=O) groups is 1. The molecule has 0 aliphatic heterocycles. The molecule has 0 bridgehead atoms. The lowest BCUT2D eigenvalue weighted by molar-refractivity contribution is -0.121. The molecule has 90 valence electrons. The standard InChI is InChI=1S/C13H22N2O/c14-13(16)12(10-6-2-1-3-7-10)15-11-8-4-5-9-11/h1-2,10-12,15H,3-9H2,(H2,14,16). The highest BCUT2D eigenvalue weighted by molar-refractivity contribution is 5.80. The van der Waals surface area contributed by atoms with Crippen LogP contribution in [0.25, 0.3) is 0 Å². The molecule has 0 aromatic rings. The zero-order valence-electron chi connectivity index (χ0n) is 9.82. The number of carbonyl (C=O) groups excluding carboxylic acids is 1. The van der Waals surface area contributed by atoms with Crippen molar-refractivity contribution < 1.29 is 4.79 Å². The summed E-state index contributed by atoms with van der Waals surface area (Å²) < 4.78 is 0. The van der Waals surface area contributed by atoms with E-state index < -0.39 is 0 Å². The van der Waals surface area contributed by atoms with Crippen LogP contribution in [0.2, 0.25) is 0 Å². The van der Waals surface area contributed by atoms with Gasteiger partial charge in [0.1, 0.15) is 0 Å². The summed E-state index contributed by atoms with van der Waals surface area (Å²) in [6.07, 6.45) is 12.5. The maximum Gasteiger partial charge on any atom is 0.234 e. The quantitative estimate of drug-likeness (QED) is 0.712. The molecule has 1 saturated carbocycles. The fourth-order valence-electron chi connectivity index (χ4n) is 2.92. The van der Waals surface area contributed by atoms with E-state index in [9.17, 15) is 4.79 Å². The summed E-state index contributed by atoms with van der Waals surface area (Å²) in [6.45, 7) is 0. The van der Waals surface area contributed by atoms with Gasteiger partial charge in [-0.1, -0.05) is 25.0 Å². The molecule has 0 radical (unpaired) electrons. The van der Waals surface area contributed by atoms with Crippen LogP contribution in [-0.4, -0.2) is 18.0 Å². The van der Waals surface area contributed by atoms with Crippen LogP contribution in [0.5, 0.6) is 0 Å². The summed E-state index contributed by atoms with van der Waals surface area (Å²) in [6, 6.07) is 0.399. The first-order chi connectivity index (χ1) is 7.77. The van der Waals surface area contributed by atoms with E-state index in [-0.39, 0.29) is 11.9 Å². The van der Waals surface area contributed by atoms with E-state index in [0.717, 1.165) is 19.3 Å². The van der Waals surface area contributed by atoms with Crippen LogP contribution in [0.4, 0.5) is 0 Å². The van der Waals surface area contributed by atoms with Gasteiger partial charge in [0.05, 0.1) is 6.04 Å². The smallest absolute Gasteiger partial charge is 0.234 e. The number of hydrogen-bond donors (Lipinski definition) is 2. The van der Waals surface area contributed by atoms with Gasteiger partial charge in [-0.05, 0) is 38.0 Å². The van der Waals surface area contributed by atoms with Gasteiger partial charge in [0.2, 0.25) is 5.91 Å². The SMILES string of the molecule is NC(=O)C(NC1CCCC1)C1CC=CCC1. The minimum atomic E-state index is -0.174. The largest absolute Gasteiger partial charge is 0.368 e. The zero-order chi connectivity index (χ0) is 11.4. The second kappa shape index (κ2) is 5.48. The lowest BCUT2D eigenvalue weighted by Gasteiger charge is -2.29. The van der Waals surface area contributed by atoms with E-state index >= 15 is 0 Å². The van der Waals surface area contributed by atoms with Crippen LogP contribution in [0.3, 0.4) is 0 Å². The minimum Gasteiger partial charge on any atom is -0.368 e. The lowest BCUT2D eigenvalue weighted by Crippen LogP contribution is -2.50. The third-order valence-electron chi connectivity index (χ3n) is 3.86. The molecule has 0 aromatic heterocycles. The highest BCUT2D eigenvalue weighted by Gasteiger charge is 2.29. The third-order valence-corrected chi connectivity index (χ3v) is 3.86. The number of hydrogen-bond acceptors (Lipinski definition) is 2. The molecule has 0 saturated heterocycles. The number of primary amides is 1. The van der Waals surface area contributed by atoms with Gasteiger partial charge < -0.3 is 11.1 Å². The van der Waals surface area contributed by atoms with Crippen LogP contribution in [0, 0.1) is 5.92 Å². The van der Waals surface area contributed by atoms with Crippen LogP contribution in [-0.2, 0) is 4.79 Å². The van der Waals surface area contributed by atoms with Crippen molar-refractivity contribution in [3.05, 3.63) is 12.2 Å². The summed E-state index contributed by atoms with van der Waals surface area (Å²) in [5, 5.41) is 3.48. The Morgan fingerprint density at radius 1 is 1.25 bits per heavy atom. The van der Waals surface area contributed by atoms with Crippen molar-refractivity contribution in [1.82, 2.24) is 5.32 Å². The maximum atomic E-state index is 11.5. The molecule has 3 N–H and O–H groups in total. The van der Waals surface area contributed by atoms with Crippen LogP contribution < -0.4 is 11.1 Å². The van der Waals surface area contributed by atoms with E-state index in [1.54, 1.807) is 0 Å². The zero-order valence-corrected chi connectivity index (χ0v) is 9.82. The molecule has 2 rings (SSSR count). The summed E-state index contributed by atoms with van der Waals surface area (Å²) >= 11 is 0. The van der Waals surface area contributed by atoms with Gasteiger partial charge in [-0.3, -0.25) is 4.79 Å². The second-order valence-electron chi connectivity index (χ2n) is 5.07. The number of allylic oxidation sites excluding steroid dienone is 2. The Bertz CT molecular complexity index is 269. The highest BCUT2D eigenvalue weighted by atomic mass is 16.1. The summed E-state index contributed by atoms with van der Waals surface area (Å²) in [5.74, 6) is 0.232. The topological polar surface area (TPSA) is 55.1 Å². The lowest BCUT2D eigenvalue weighted by atomic mass is 9.87. The van der Waals surface area contributed by atoms with Gasteiger partial charge in [-0.25, -0.2) is 0 Å². The Morgan fingerprint density at radius 3 is 2.56 bits per heavy atom. The molecule has 0 aromatic carbocycles. The number of rotatable bonds is 4. The first-order valence-electron chi connectivity index (χ1n) is 6.47. The molecule has 2 unspecified atom stereocenters. The van der Waals surface area contributed by atoms with Gasteiger partial charge in [-0.15, -0.1) is 0 Å². The number of nitrogens with one attached hydrogen (secondary N) is 1. The van der Waals surface area contributed by atoms with E-state index in [1.165, 1.54) is 25.7 Å². The highest BCUT2D eigenvalue weighted by Crippen LogP contribution is 2.24. The molecular weight excluding hydrogens is 200 g/mol. The molecule has 2 atom stereocenters. The number of nitrogens with two attached hydrogens (primary N) is 1. The Labute approximate surface area is 97.5 Å². The Morgan fingerprint density at radius 2 is 2.00 bits per heavy atom. The molecule has 1 amide bonds. The van der Waals surface area contributed by atoms with Crippen molar-refractivity contribution in [2.24, 2.45) is 11.7 Å². The first kappa shape index (κ1) is 11.6. The Hall–Kier alpha value is -0.830. The average Bonchev–Trinajstić information content (AvgIpc) is 2.79. The predicted molar refractivity (Wildman–Crippen MR) is 64.9 cm³/mol. The molecule has 16 heavy (non-hydrogen) atoms. The van der Waals surface area contributed by atoms with Crippen LogP contribution >= 0.6 is 0 Å². The Balaban J connectivity index is 1.93. The van der Waals surface area contributed by atoms with Gasteiger partial charge in [-0.2, -0.15) is 0 Å². The molecular formula is C13H22N2O. The summed E-state index contributed by atoms with van der Waals surface area (Å²) in [5.41, 5.74) is 5.52. The molecule has 3 nitrogen and oxygen atoms in total. The Kier molecular flexibility index (Phi) is 3.99. The monoisotopic (exact) mass is 222 g/mol. The predicted octanol–water partition coefficient (Wildman–Crippen LogP) is 1.73. The first-order valence-corrected chi connectivity index (χ1v) is 6.47. The van der Waals surface area contributed by atoms with E-state index in [4.69, 9.17) is 5.73 Å². The molecule has 2 aliphatic rings.